The molecule has 10 heavy (non-hydrogen) atoms. The third-order valence-electron chi connectivity index (χ3n) is 0. The third kappa shape index (κ3) is 193. The summed E-state index contributed by atoms with van der Waals surface area (Å²) in [6.07, 6.45) is 0. The number of phosphoric acid groups is 1. The minimum atomic E-state index is -4.64. The van der Waals surface area contributed by atoms with E-state index < -0.39 is 7.82 Å². The SMILES string of the molecule is O=P(O)(O)O.[CH2-]CO.[Na+].[Na+]. The van der Waals surface area contributed by atoms with Gasteiger partial charge in [0.05, 0.1) is 0 Å². The van der Waals surface area contributed by atoms with Crippen LogP contribution in [0.4, 0.5) is 0 Å². The molecule has 0 saturated heterocycles. The maximum atomic E-state index is 8.88. The quantitative estimate of drug-likeness (QED) is 0.172. The van der Waals surface area contributed by atoms with Gasteiger partial charge in [0.1, 0.15) is 0 Å². The summed E-state index contributed by atoms with van der Waals surface area (Å²) in [7, 11) is -4.64. The Bertz CT molecular complexity index is 73.5. The minimum Gasteiger partial charge on any atom is -0.428 e. The molecule has 0 aliphatic carbocycles. The fraction of sp³-hybridized carbons (Fsp3) is 0.500. The summed E-state index contributed by atoms with van der Waals surface area (Å²) in [5.41, 5.74) is 0. The summed E-state index contributed by atoms with van der Waals surface area (Å²) in [4.78, 5) is 21.6. The van der Waals surface area contributed by atoms with Gasteiger partial charge in [0, 0.05) is 0 Å². The van der Waals surface area contributed by atoms with Gasteiger partial charge in [0.15, 0.2) is 0 Å². The molecule has 0 spiro atoms. The van der Waals surface area contributed by atoms with Gasteiger partial charge in [0.25, 0.3) is 0 Å². The Balaban J connectivity index is -0.0000000326. The molecule has 0 aromatic rings. The van der Waals surface area contributed by atoms with E-state index in [1.54, 1.807) is 0 Å². The van der Waals surface area contributed by atoms with E-state index >= 15 is 0 Å². The van der Waals surface area contributed by atoms with E-state index in [0.717, 1.165) is 0 Å². The molecule has 4 N–H and O–H groups in total. The maximum absolute atomic E-state index is 8.88. The van der Waals surface area contributed by atoms with Crippen LogP contribution in [0, 0.1) is 6.92 Å². The number of aliphatic hydroxyl groups excluding tert-OH is 1. The molecule has 0 fully saturated rings. The van der Waals surface area contributed by atoms with Gasteiger partial charge in [0.2, 0.25) is 0 Å². The van der Waals surface area contributed by atoms with Gasteiger partial charge >= 0.3 is 66.9 Å². The van der Waals surface area contributed by atoms with Crippen molar-refractivity contribution in [3.8, 4) is 0 Å². The van der Waals surface area contributed by atoms with Crippen LogP contribution in [0.3, 0.4) is 0 Å². The molecule has 0 heterocycles. The van der Waals surface area contributed by atoms with Crippen LogP contribution in [0.1, 0.15) is 0 Å². The van der Waals surface area contributed by atoms with Crippen LogP contribution in [0.2, 0.25) is 0 Å². The Kier molecular flexibility index (Phi) is 31.0. The monoisotopic (exact) mass is 189 g/mol. The normalized spacial score (nSPS) is 7.70. The zero-order chi connectivity index (χ0) is 7.21. The predicted molar refractivity (Wildman–Crippen MR) is 26.7 cm³/mol. The Morgan fingerprint density at radius 2 is 1.20 bits per heavy atom. The summed E-state index contributed by atoms with van der Waals surface area (Å²) in [6, 6.07) is 0. The van der Waals surface area contributed by atoms with Gasteiger partial charge in [-0.2, -0.15) is 0 Å². The molecular weight excluding hydrogens is 181 g/mol. The van der Waals surface area contributed by atoms with Crippen molar-refractivity contribution in [2.24, 2.45) is 0 Å². The molecule has 52 valence electrons. The molecule has 0 aliphatic heterocycles. The summed E-state index contributed by atoms with van der Waals surface area (Å²) in [5.74, 6) is 0. The van der Waals surface area contributed by atoms with Crippen LogP contribution in [0.15, 0.2) is 0 Å². The predicted octanol–water partition coefficient (Wildman–Crippen LogP) is -7.11. The zero-order valence-corrected chi connectivity index (χ0v) is 11.0. The van der Waals surface area contributed by atoms with E-state index in [-0.39, 0.29) is 65.7 Å². The van der Waals surface area contributed by atoms with E-state index in [1.165, 1.54) is 0 Å². The number of hydrogen-bond donors (Lipinski definition) is 4. The molecule has 0 atom stereocenters. The van der Waals surface area contributed by atoms with Gasteiger partial charge < -0.3 is 26.7 Å². The van der Waals surface area contributed by atoms with Crippen LogP contribution in [-0.4, -0.2) is 26.4 Å². The molecule has 0 rings (SSSR count). The molecule has 0 unspecified atom stereocenters. The summed E-state index contributed by atoms with van der Waals surface area (Å²) in [6.45, 7) is 3.04. The number of aliphatic hydroxyl groups is 1. The molecule has 0 amide bonds. The van der Waals surface area contributed by atoms with E-state index in [9.17, 15) is 0 Å². The standard InChI is InChI=1S/C2H5O.2Na.H3O4P/c1-2-3;;;1-5(2,3)4/h3H,1-2H2;;;(H3,1,2,3,4)/q-1;2*+1;. The van der Waals surface area contributed by atoms with Gasteiger partial charge in [-0.05, 0) is 0 Å². The molecule has 0 aromatic heterocycles. The fourth-order valence-electron chi connectivity index (χ4n) is 0. The first-order chi connectivity index (χ1) is 3.41. The number of rotatable bonds is 0. The average molecular weight is 189 g/mol. The van der Waals surface area contributed by atoms with Gasteiger partial charge in [-0.15, -0.1) is 0 Å². The van der Waals surface area contributed by atoms with Crippen LogP contribution in [0.25, 0.3) is 0 Å². The van der Waals surface area contributed by atoms with E-state index in [2.05, 4.69) is 6.92 Å². The summed E-state index contributed by atoms with van der Waals surface area (Å²) >= 11 is 0. The van der Waals surface area contributed by atoms with E-state index in [4.69, 9.17) is 24.4 Å². The van der Waals surface area contributed by atoms with Crippen molar-refractivity contribution in [1.29, 1.82) is 0 Å². The van der Waals surface area contributed by atoms with E-state index in [0.29, 0.717) is 0 Å². The molecule has 8 heteroatoms. The van der Waals surface area contributed by atoms with Crippen molar-refractivity contribution in [2.45, 2.75) is 0 Å². The van der Waals surface area contributed by atoms with Crippen molar-refractivity contribution in [2.75, 3.05) is 6.61 Å². The van der Waals surface area contributed by atoms with Gasteiger partial charge in [-0.25, -0.2) is 4.57 Å². The Labute approximate surface area is 104 Å². The second kappa shape index (κ2) is 13.6. The van der Waals surface area contributed by atoms with Crippen LogP contribution < -0.4 is 59.1 Å². The Morgan fingerprint density at radius 3 is 1.20 bits per heavy atom. The maximum Gasteiger partial charge on any atom is 1.00 e. The Morgan fingerprint density at radius 1 is 1.20 bits per heavy atom. The third-order valence-corrected chi connectivity index (χ3v) is 0. The van der Waals surface area contributed by atoms with Crippen molar-refractivity contribution < 1.29 is 83.5 Å². The van der Waals surface area contributed by atoms with Crippen LogP contribution >= 0.6 is 7.82 Å². The van der Waals surface area contributed by atoms with E-state index in [1.807, 2.05) is 0 Å². The van der Waals surface area contributed by atoms with Crippen molar-refractivity contribution in [1.82, 2.24) is 0 Å². The smallest absolute Gasteiger partial charge is 0.428 e. The van der Waals surface area contributed by atoms with Gasteiger partial charge in [-0.3, -0.25) is 0 Å². The van der Waals surface area contributed by atoms with Crippen molar-refractivity contribution in [3.05, 3.63) is 6.92 Å². The average Bonchev–Trinajstić information content (AvgIpc) is 1.27. The summed E-state index contributed by atoms with van der Waals surface area (Å²) < 4.78 is 8.88. The fourth-order valence-corrected chi connectivity index (χ4v) is 0. The molecule has 0 radical (unpaired) electrons. The largest absolute Gasteiger partial charge is 1.00 e. The van der Waals surface area contributed by atoms with Gasteiger partial charge in [-0.1, -0.05) is 6.61 Å². The van der Waals surface area contributed by atoms with Crippen LogP contribution in [0.5, 0.6) is 0 Å². The first-order valence-electron chi connectivity index (χ1n) is 1.60. The van der Waals surface area contributed by atoms with Crippen LogP contribution in [-0.2, 0) is 4.57 Å². The van der Waals surface area contributed by atoms with Crippen molar-refractivity contribution >= 4 is 7.82 Å². The second-order valence-corrected chi connectivity index (χ2v) is 1.76. The Hall–Kier alpha value is 2.07. The molecule has 0 aromatic carbocycles. The summed E-state index contributed by atoms with van der Waals surface area (Å²) in [5, 5.41) is 7.46. The van der Waals surface area contributed by atoms with Crippen molar-refractivity contribution in [3.63, 3.8) is 0 Å². The minimum absolute atomic E-state index is 0. The first kappa shape index (κ1) is 22.7. The topological polar surface area (TPSA) is 98.0 Å². The molecule has 0 saturated carbocycles. The molecule has 5 nitrogen and oxygen atoms in total. The number of hydrogen-bond acceptors (Lipinski definition) is 2. The first-order valence-corrected chi connectivity index (χ1v) is 3.16. The second-order valence-electron chi connectivity index (χ2n) is 0.737. The zero-order valence-electron chi connectivity index (χ0n) is 6.06. The molecular formula is C2H8Na2O5P+. The molecule has 0 aliphatic rings. The molecule has 0 bridgehead atoms.